The number of alkyl halides is 3. The van der Waals surface area contributed by atoms with Crippen molar-refractivity contribution in [3.63, 3.8) is 0 Å². The molecule has 1 unspecified atom stereocenters. The van der Waals surface area contributed by atoms with Gasteiger partial charge in [0, 0.05) is 6.20 Å². The zero-order valence-electron chi connectivity index (χ0n) is 8.43. The number of nitrogens with zero attached hydrogens (tertiary/aromatic N) is 1. The van der Waals surface area contributed by atoms with Crippen LogP contribution >= 0.6 is 0 Å². The first-order valence-electron chi connectivity index (χ1n) is 4.81. The SMILES string of the molecule is CCC1C(=O)Nc2cc(C(F)(F)F)cnc21. The highest BCUT2D eigenvalue weighted by Gasteiger charge is 2.36. The van der Waals surface area contributed by atoms with Crippen molar-refractivity contribution in [1.29, 1.82) is 0 Å². The van der Waals surface area contributed by atoms with Crippen LogP contribution in [0.2, 0.25) is 0 Å². The summed E-state index contributed by atoms with van der Waals surface area (Å²) in [6, 6.07) is 0.926. The van der Waals surface area contributed by atoms with E-state index in [0.717, 1.165) is 12.3 Å². The Morgan fingerprint density at radius 2 is 2.19 bits per heavy atom. The summed E-state index contributed by atoms with van der Waals surface area (Å²) in [5.41, 5.74) is -0.268. The van der Waals surface area contributed by atoms with Gasteiger partial charge in [0.05, 0.1) is 22.9 Å². The van der Waals surface area contributed by atoms with Crippen molar-refractivity contribution in [1.82, 2.24) is 4.98 Å². The zero-order chi connectivity index (χ0) is 11.9. The van der Waals surface area contributed by atoms with Gasteiger partial charge in [-0.3, -0.25) is 9.78 Å². The fraction of sp³-hybridized carbons (Fsp3) is 0.400. The van der Waals surface area contributed by atoms with Crippen LogP contribution in [0, 0.1) is 0 Å². The smallest absolute Gasteiger partial charge is 0.324 e. The quantitative estimate of drug-likeness (QED) is 0.805. The Labute approximate surface area is 89.7 Å². The van der Waals surface area contributed by atoms with E-state index in [1.54, 1.807) is 6.92 Å². The summed E-state index contributed by atoms with van der Waals surface area (Å²) < 4.78 is 37.1. The molecular formula is C10H9F3N2O. The predicted octanol–water partition coefficient (Wildman–Crippen LogP) is 2.55. The molecule has 2 heterocycles. The lowest BCUT2D eigenvalue weighted by molar-refractivity contribution is -0.137. The minimum absolute atomic E-state index is 0.173. The van der Waals surface area contributed by atoms with Gasteiger partial charge in [0.1, 0.15) is 0 Å². The van der Waals surface area contributed by atoms with Crippen molar-refractivity contribution in [3.05, 3.63) is 23.5 Å². The van der Waals surface area contributed by atoms with Gasteiger partial charge in [-0.2, -0.15) is 13.2 Å². The van der Waals surface area contributed by atoms with Gasteiger partial charge in [-0.15, -0.1) is 0 Å². The first-order chi connectivity index (χ1) is 7.43. The number of anilines is 1. The van der Waals surface area contributed by atoms with E-state index >= 15 is 0 Å². The Kier molecular flexibility index (Phi) is 2.36. The summed E-state index contributed by atoms with van der Waals surface area (Å²) in [5.74, 6) is -0.721. The molecule has 1 amide bonds. The molecule has 0 aliphatic carbocycles. The van der Waals surface area contributed by atoms with Crippen LogP contribution < -0.4 is 5.32 Å². The first kappa shape index (κ1) is 10.9. The molecule has 6 heteroatoms. The number of hydrogen-bond acceptors (Lipinski definition) is 2. The number of carbonyl (C=O) groups is 1. The number of hydrogen-bond donors (Lipinski definition) is 1. The van der Waals surface area contributed by atoms with E-state index in [9.17, 15) is 18.0 Å². The summed E-state index contributed by atoms with van der Waals surface area (Å²) in [4.78, 5) is 15.1. The van der Waals surface area contributed by atoms with E-state index in [0.29, 0.717) is 12.1 Å². The van der Waals surface area contributed by atoms with Crippen molar-refractivity contribution in [2.75, 3.05) is 5.32 Å². The first-order valence-corrected chi connectivity index (χ1v) is 4.81. The van der Waals surface area contributed by atoms with Crippen molar-refractivity contribution in [2.45, 2.75) is 25.4 Å². The third kappa shape index (κ3) is 1.64. The molecule has 0 saturated heterocycles. The fourth-order valence-corrected chi connectivity index (χ4v) is 1.73. The summed E-state index contributed by atoms with van der Waals surface area (Å²) in [6.45, 7) is 1.79. The van der Waals surface area contributed by atoms with E-state index in [1.807, 2.05) is 0 Å². The topological polar surface area (TPSA) is 42.0 Å². The van der Waals surface area contributed by atoms with Gasteiger partial charge in [-0.1, -0.05) is 6.92 Å². The number of amides is 1. The molecule has 1 atom stereocenters. The molecule has 16 heavy (non-hydrogen) atoms. The second-order valence-electron chi connectivity index (χ2n) is 3.60. The number of fused-ring (bicyclic) bond motifs is 1. The Morgan fingerprint density at radius 1 is 1.50 bits per heavy atom. The molecule has 2 rings (SSSR count). The van der Waals surface area contributed by atoms with Crippen molar-refractivity contribution >= 4 is 11.6 Å². The molecule has 0 spiro atoms. The Balaban J connectivity index is 2.44. The van der Waals surface area contributed by atoms with Crippen molar-refractivity contribution in [2.24, 2.45) is 0 Å². The van der Waals surface area contributed by atoms with Crippen LogP contribution in [0.25, 0.3) is 0 Å². The second-order valence-corrected chi connectivity index (χ2v) is 3.60. The monoisotopic (exact) mass is 230 g/mol. The van der Waals surface area contributed by atoms with E-state index < -0.39 is 17.7 Å². The maximum absolute atomic E-state index is 12.4. The third-order valence-corrected chi connectivity index (χ3v) is 2.56. The lowest BCUT2D eigenvalue weighted by Crippen LogP contribution is -2.11. The predicted molar refractivity (Wildman–Crippen MR) is 50.9 cm³/mol. The fourth-order valence-electron chi connectivity index (χ4n) is 1.73. The average Bonchev–Trinajstić information content (AvgIpc) is 2.50. The van der Waals surface area contributed by atoms with Crippen molar-refractivity contribution in [3.8, 4) is 0 Å². The lowest BCUT2D eigenvalue weighted by Gasteiger charge is -2.08. The molecule has 0 saturated carbocycles. The van der Waals surface area contributed by atoms with Crippen LogP contribution in [0.4, 0.5) is 18.9 Å². The summed E-state index contributed by atoms with van der Waals surface area (Å²) in [6.07, 6.45) is -3.14. The number of aromatic nitrogens is 1. The summed E-state index contributed by atoms with van der Waals surface area (Å²) in [5, 5.41) is 2.41. The van der Waals surface area contributed by atoms with Crippen LogP contribution in [0.3, 0.4) is 0 Å². The molecule has 0 radical (unpaired) electrons. The third-order valence-electron chi connectivity index (χ3n) is 2.56. The molecule has 1 aromatic rings. The Bertz CT molecular complexity index is 442. The molecule has 1 N–H and O–H groups in total. The van der Waals surface area contributed by atoms with E-state index in [2.05, 4.69) is 10.3 Å². The van der Waals surface area contributed by atoms with E-state index in [1.165, 1.54) is 0 Å². The molecule has 1 aliphatic heterocycles. The molecule has 0 bridgehead atoms. The normalized spacial score (nSPS) is 19.5. The van der Waals surface area contributed by atoms with Gasteiger partial charge < -0.3 is 5.32 Å². The summed E-state index contributed by atoms with van der Waals surface area (Å²) in [7, 11) is 0. The van der Waals surface area contributed by atoms with Gasteiger partial charge in [0.2, 0.25) is 5.91 Å². The van der Waals surface area contributed by atoms with E-state index in [-0.39, 0.29) is 11.6 Å². The van der Waals surface area contributed by atoms with Crippen LogP contribution in [-0.4, -0.2) is 10.9 Å². The van der Waals surface area contributed by atoms with Gasteiger partial charge in [0.15, 0.2) is 0 Å². The maximum atomic E-state index is 12.4. The van der Waals surface area contributed by atoms with Gasteiger partial charge in [-0.25, -0.2) is 0 Å². The van der Waals surface area contributed by atoms with Gasteiger partial charge >= 0.3 is 6.18 Å². The minimum Gasteiger partial charge on any atom is -0.324 e. The number of rotatable bonds is 1. The van der Waals surface area contributed by atoms with E-state index in [4.69, 9.17) is 0 Å². The number of halogens is 3. The number of carbonyl (C=O) groups excluding carboxylic acids is 1. The van der Waals surface area contributed by atoms with Crippen LogP contribution in [-0.2, 0) is 11.0 Å². The Morgan fingerprint density at radius 3 is 2.75 bits per heavy atom. The largest absolute Gasteiger partial charge is 0.417 e. The number of pyridine rings is 1. The van der Waals surface area contributed by atoms with Crippen LogP contribution in [0.15, 0.2) is 12.3 Å². The zero-order valence-corrected chi connectivity index (χ0v) is 8.43. The average molecular weight is 230 g/mol. The molecule has 1 aliphatic rings. The Hall–Kier alpha value is -1.59. The number of nitrogens with one attached hydrogen (secondary N) is 1. The highest BCUT2D eigenvalue weighted by molar-refractivity contribution is 6.02. The molecule has 0 fully saturated rings. The van der Waals surface area contributed by atoms with Gasteiger partial charge in [-0.05, 0) is 12.5 Å². The standard InChI is InChI=1S/C10H9F3N2O/c1-2-6-8-7(15-9(6)16)3-5(4-14-8)10(11,12)13/h3-4,6H,2H2,1H3,(H,15,16). The highest BCUT2D eigenvalue weighted by atomic mass is 19.4. The minimum atomic E-state index is -4.43. The molecule has 86 valence electrons. The maximum Gasteiger partial charge on any atom is 0.417 e. The molecule has 1 aromatic heterocycles. The second kappa shape index (κ2) is 3.47. The molecule has 0 aromatic carbocycles. The highest BCUT2D eigenvalue weighted by Crippen LogP contribution is 2.37. The van der Waals surface area contributed by atoms with Gasteiger partial charge in [0.25, 0.3) is 0 Å². The lowest BCUT2D eigenvalue weighted by atomic mass is 10.0. The molecular weight excluding hydrogens is 221 g/mol. The summed E-state index contributed by atoms with van der Waals surface area (Å²) >= 11 is 0. The van der Waals surface area contributed by atoms with Crippen LogP contribution in [0.1, 0.15) is 30.5 Å². The molecule has 3 nitrogen and oxygen atoms in total. The van der Waals surface area contributed by atoms with Crippen LogP contribution in [0.5, 0.6) is 0 Å². The van der Waals surface area contributed by atoms with Crippen molar-refractivity contribution < 1.29 is 18.0 Å².